The van der Waals surface area contributed by atoms with Gasteiger partial charge in [-0.25, -0.2) is 13.2 Å². The molecule has 4 rings (SSSR count). The number of benzene rings is 2. The van der Waals surface area contributed by atoms with Crippen LogP contribution in [0.3, 0.4) is 0 Å². The standard InChI is InChI=1S/C35H40F6O2/c36-32-22-28(23-33(37)34(32)38)11-10-25-6-4-24(5-7-25)2-1-3-30(42)20-21-43-31-18-14-27(15-19-31)9-8-26-12-16-29(17-13-26)35(39,40)41/h4,6-7,12-13,16-17,22-24,27,31H,1-3,5,8-11,14-15,18-21H2. The minimum Gasteiger partial charge on any atom is -0.378 e. The highest BCUT2D eigenvalue weighted by molar-refractivity contribution is 5.78. The van der Waals surface area contributed by atoms with Gasteiger partial charge in [-0.15, -0.1) is 0 Å². The molecule has 0 aromatic heterocycles. The van der Waals surface area contributed by atoms with Gasteiger partial charge in [0, 0.05) is 12.8 Å². The largest absolute Gasteiger partial charge is 0.416 e. The molecular formula is C35H40F6O2. The van der Waals surface area contributed by atoms with Crippen molar-refractivity contribution in [2.24, 2.45) is 11.8 Å². The third-order valence-electron chi connectivity index (χ3n) is 8.69. The Morgan fingerprint density at radius 2 is 1.53 bits per heavy atom. The van der Waals surface area contributed by atoms with E-state index in [1.165, 1.54) is 0 Å². The van der Waals surface area contributed by atoms with Gasteiger partial charge in [0.15, 0.2) is 17.5 Å². The first-order chi connectivity index (χ1) is 20.6. The van der Waals surface area contributed by atoms with Crippen molar-refractivity contribution in [3.05, 3.63) is 94.3 Å². The summed E-state index contributed by atoms with van der Waals surface area (Å²) in [5.41, 5.74) is 1.83. The molecule has 8 heteroatoms. The van der Waals surface area contributed by atoms with Crippen molar-refractivity contribution >= 4 is 5.78 Å². The number of alkyl halides is 3. The monoisotopic (exact) mass is 606 g/mol. The molecule has 1 atom stereocenters. The second-order valence-electron chi connectivity index (χ2n) is 11.9. The van der Waals surface area contributed by atoms with Gasteiger partial charge in [0.25, 0.3) is 0 Å². The summed E-state index contributed by atoms with van der Waals surface area (Å²) in [5, 5.41) is 0. The minimum atomic E-state index is -4.30. The fourth-order valence-corrected chi connectivity index (χ4v) is 5.99. The number of ether oxygens (including phenoxy) is 1. The van der Waals surface area contributed by atoms with Crippen LogP contribution in [0.2, 0.25) is 0 Å². The molecule has 0 heterocycles. The average molecular weight is 607 g/mol. The summed E-state index contributed by atoms with van der Waals surface area (Å²) in [6.07, 6.45) is 12.5. The van der Waals surface area contributed by atoms with Crippen LogP contribution in [0.25, 0.3) is 0 Å². The molecule has 0 spiro atoms. The van der Waals surface area contributed by atoms with Gasteiger partial charge < -0.3 is 4.74 Å². The Hall–Kier alpha value is -2.87. The van der Waals surface area contributed by atoms with Gasteiger partial charge in [-0.2, -0.15) is 13.2 Å². The topological polar surface area (TPSA) is 26.3 Å². The molecular weight excluding hydrogens is 566 g/mol. The van der Waals surface area contributed by atoms with E-state index >= 15 is 0 Å². The predicted molar refractivity (Wildman–Crippen MR) is 155 cm³/mol. The van der Waals surface area contributed by atoms with Crippen LogP contribution in [0, 0.1) is 29.3 Å². The van der Waals surface area contributed by atoms with Crippen LogP contribution in [0.4, 0.5) is 26.3 Å². The molecule has 43 heavy (non-hydrogen) atoms. The number of hydrogen-bond acceptors (Lipinski definition) is 2. The average Bonchev–Trinajstić information content (AvgIpc) is 2.99. The summed E-state index contributed by atoms with van der Waals surface area (Å²) in [6.45, 7) is 0.441. The molecule has 2 aliphatic carbocycles. The van der Waals surface area contributed by atoms with Crippen LogP contribution in [-0.2, 0) is 28.5 Å². The van der Waals surface area contributed by atoms with E-state index in [4.69, 9.17) is 4.74 Å². The van der Waals surface area contributed by atoms with Gasteiger partial charge in [0.1, 0.15) is 5.78 Å². The Kier molecular flexibility index (Phi) is 12.1. The normalized spacial score (nSPS) is 20.7. The number of carbonyl (C=O) groups excluding carboxylic acids is 1. The maximum Gasteiger partial charge on any atom is 0.416 e. The van der Waals surface area contributed by atoms with E-state index in [9.17, 15) is 31.1 Å². The van der Waals surface area contributed by atoms with Gasteiger partial charge in [-0.1, -0.05) is 35.9 Å². The van der Waals surface area contributed by atoms with Gasteiger partial charge in [-0.05, 0) is 118 Å². The van der Waals surface area contributed by atoms with Crippen LogP contribution in [0.5, 0.6) is 0 Å². The van der Waals surface area contributed by atoms with Gasteiger partial charge in [0.05, 0.1) is 18.3 Å². The lowest BCUT2D eigenvalue weighted by molar-refractivity contribution is -0.137. The van der Waals surface area contributed by atoms with Crippen molar-refractivity contribution in [1.29, 1.82) is 0 Å². The number of halogens is 6. The van der Waals surface area contributed by atoms with E-state index in [-0.39, 0.29) is 11.9 Å². The highest BCUT2D eigenvalue weighted by Crippen LogP contribution is 2.32. The quantitative estimate of drug-likeness (QED) is 0.158. The molecule has 1 unspecified atom stereocenters. The highest BCUT2D eigenvalue weighted by Gasteiger charge is 2.30. The molecule has 0 aliphatic heterocycles. The molecule has 2 aliphatic rings. The molecule has 0 saturated heterocycles. The Balaban J connectivity index is 1.02. The van der Waals surface area contributed by atoms with Crippen molar-refractivity contribution < 1.29 is 35.9 Å². The van der Waals surface area contributed by atoms with E-state index in [0.29, 0.717) is 49.7 Å². The van der Waals surface area contributed by atoms with Crippen molar-refractivity contribution in [3.8, 4) is 0 Å². The van der Waals surface area contributed by atoms with Crippen molar-refractivity contribution in [2.75, 3.05) is 6.61 Å². The van der Waals surface area contributed by atoms with E-state index < -0.39 is 29.2 Å². The first kappa shape index (κ1) is 33.0. The van der Waals surface area contributed by atoms with E-state index in [2.05, 4.69) is 12.2 Å². The Morgan fingerprint density at radius 1 is 0.837 bits per heavy atom. The molecule has 1 saturated carbocycles. The Labute approximate surface area is 250 Å². The summed E-state index contributed by atoms with van der Waals surface area (Å²) < 4.78 is 84.1. The van der Waals surface area contributed by atoms with Crippen LogP contribution in [0.1, 0.15) is 87.3 Å². The second kappa shape index (κ2) is 15.7. The van der Waals surface area contributed by atoms with Gasteiger partial charge >= 0.3 is 6.18 Å². The third-order valence-corrected chi connectivity index (χ3v) is 8.69. The van der Waals surface area contributed by atoms with Crippen LogP contribution in [-0.4, -0.2) is 18.5 Å². The molecule has 2 aromatic rings. The van der Waals surface area contributed by atoms with Crippen LogP contribution < -0.4 is 0 Å². The number of Topliss-reactive ketones (excluding diaryl/α,β-unsaturated/α-hetero) is 1. The SMILES string of the molecule is O=C(CCCC1C=CC(CCc2cc(F)c(F)c(F)c2)=CC1)CCOC1CCC(CCc2ccc(C(F)(F)F)cc2)CC1. The zero-order chi connectivity index (χ0) is 30.8. The first-order valence-corrected chi connectivity index (χ1v) is 15.4. The summed E-state index contributed by atoms with van der Waals surface area (Å²) in [5.74, 6) is -2.65. The molecule has 2 aromatic carbocycles. The number of aryl methyl sites for hydroxylation is 2. The molecule has 1 fully saturated rings. The minimum absolute atomic E-state index is 0.171. The molecule has 0 radical (unpaired) electrons. The van der Waals surface area contributed by atoms with Crippen molar-refractivity contribution in [1.82, 2.24) is 0 Å². The molecule has 0 amide bonds. The smallest absolute Gasteiger partial charge is 0.378 e. The first-order valence-electron chi connectivity index (χ1n) is 15.4. The summed E-state index contributed by atoms with van der Waals surface area (Å²) in [6, 6.07) is 7.53. The van der Waals surface area contributed by atoms with E-state index in [1.54, 1.807) is 12.1 Å². The van der Waals surface area contributed by atoms with Crippen molar-refractivity contribution in [2.45, 2.75) is 95.8 Å². The van der Waals surface area contributed by atoms with Crippen molar-refractivity contribution in [3.63, 3.8) is 0 Å². The molecule has 2 nitrogen and oxygen atoms in total. The lowest BCUT2D eigenvalue weighted by Gasteiger charge is -2.28. The Bertz CT molecular complexity index is 1230. The number of allylic oxidation sites excluding steroid dienone is 4. The van der Waals surface area contributed by atoms with Gasteiger partial charge in [0.2, 0.25) is 0 Å². The summed E-state index contributed by atoms with van der Waals surface area (Å²) in [4.78, 5) is 12.4. The zero-order valence-electron chi connectivity index (χ0n) is 24.4. The number of carbonyl (C=O) groups is 1. The number of rotatable bonds is 14. The maximum atomic E-state index is 13.4. The maximum absolute atomic E-state index is 13.4. The summed E-state index contributed by atoms with van der Waals surface area (Å²) >= 11 is 0. The molecule has 234 valence electrons. The fourth-order valence-electron chi connectivity index (χ4n) is 5.99. The summed E-state index contributed by atoms with van der Waals surface area (Å²) in [7, 11) is 0. The second-order valence-corrected chi connectivity index (χ2v) is 11.9. The van der Waals surface area contributed by atoms with E-state index in [1.807, 2.05) is 6.08 Å². The van der Waals surface area contributed by atoms with Gasteiger partial charge in [-0.3, -0.25) is 4.79 Å². The lowest BCUT2D eigenvalue weighted by Crippen LogP contribution is -2.23. The number of hydrogen-bond donors (Lipinski definition) is 0. The molecule has 0 N–H and O–H groups in total. The Morgan fingerprint density at radius 3 is 2.16 bits per heavy atom. The van der Waals surface area contributed by atoms with E-state index in [0.717, 1.165) is 93.2 Å². The molecule has 0 bridgehead atoms. The zero-order valence-corrected chi connectivity index (χ0v) is 24.4. The van der Waals surface area contributed by atoms with Crippen LogP contribution >= 0.6 is 0 Å². The predicted octanol–water partition coefficient (Wildman–Crippen LogP) is 9.90. The highest BCUT2D eigenvalue weighted by atomic mass is 19.4. The lowest BCUT2D eigenvalue weighted by atomic mass is 9.83. The van der Waals surface area contributed by atoms with Crippen LogP contribution in [0.15, 0.2) is 60.2 Å². The fraction of sp³-hybridized carbons (Fsp3) is 0.514. The number of ketones is 1. The third kappa shape index (κ3) is 10.7.